The molecule has 2 saturated heterocycles. The molecule has 2 fully saturated rings. The number of carbonyl (C=O) groups is 1. The lowest BCUT2D eigenvalue weighted by molar-refractivity contribution is -0.120. The molecule has 1 aromatic heterocycles. The standard InChI is InChI=1S/C21H28N4O6S2/c1-15-20(16(2)31-23-15)33(29,30)25-13-9-17(10-14-25)21(26)22-18-5-7-19(8-6-18)32(27,28)24-11-3-4-12-24/h5-8,17H,3-4,9-14H2,1-2H3,(H,22,26). The zero-order valence-corrected chi connectivity index (χ0v) is 20.3. The molecule has 33 heavy (non-hydrogen) atoms. The maximum Gasteiger partial charge on any atom is 0.248 e. The van der Waals surface area contributed by atoms with Crippen LogP contribution in [0.15, 0.2) is 38.6 Å². The van der Waals surface area contributed by atoms with E-state index in [0.717, 1.165) is 12.8 Å². The number of amides is 1. The van der Waals surface area contributed by atoms with Crippen LogP contribution in [0.4, 0.5) is 5.69 Å². The second-order valence-electron chi connectivity index (χ2n) is 8.46. The normalized spacial score (nSPS) is 19.1. The average Bonchev–Trinajstić information content (AvgIpc) is 3.45. The van der Waals surface area contributed by atoms with E-state index in [1.165, 1.54) is 20.7 Å². The molecule has 0 aliphatic carbocycles. The Morgan fingerprint density at radius 3 is 2.06 bits per heavy atom. The van der Waals surface area contributed by atoms with Crippen LogP contribution in [0.2, 0.25) is 0 Å². The average molecular weight is 497 g/mol. The minimum absolute atomic E-state index is 0.0920. The number of carbonyl (C=O) groups excluding carboxylic acids is 1. The molecule has 1 aromatic carbocycles. The summed E-state index contributed by atoms with van der Waals surface area (Å²) in [7, 11) is -7.23. The highest BCUT2D eigenvalue weighted by Crippen LogP contribution is 2.28. The Labute approximate surface area is 194 Å². The number of aromatic nitrogens is 1. The number of anilines is 1. The van der Waals surface area contributed by atoms with E-state index in [1.807, 2.05) is 0 Å². The Kier molecular flexibility index (Phi) is 6.63. The summed E-state index contributed by atoms with van der Waals surface area (Å²) >= 11 is 0. The van der Waals surface area contributed by atoms with Crippen LogP contribution >= 0.6 is 0 Å². The topological polar surface area (TPSA) is 130 Å². The smallest absolute Gasteiger partial charge is 0.248 e. The summed E-state index contributed by atoms with van der Waals surface area (Å²) in [5, 5.41) is 6.54. The third-order valence-electron chi connectivity index (χ3n) is 6.22. The van der Waals surface area contributed by atoms with Gasteiger partial charge >= 0.3 is 0 Å². The summed E-state index contributed by atoms with van der Waals surface area (Å²) in [6.07, 6.45) is 2.50. The number of hydrogen-bond acceptors (Lipinski definition) is 7. The van der Waals surface area contributed by atoms with Crippen molar-refractivity contribution < 1.29 is 26.2 Å². The van der Waals surface area contributed by atoms with E-state index in [1.54, 1.807) is 26.0 Å². The SMILES string of the molecule is Cc1noc(C)c1S(=O)(=O)N1CCC(C(=O)Nc2ccc(S(=O)(=O)N3CCCC3)cc2)CC1. The van der Waals surface area contributed by atoms with Gasteiger partial charge in [0.05, 0.1) is 4.90 Å². The van der Waals surface area contributed by atoms with E-state index >= 15 is 0 Å². The molecule has 3 heterocycles. The zero-order chi connectivity index (χ0) is 23.8. The van der Waals surface area contributed by atoms with E-state index < -0.39 is 20.0 Å². The number of hydrogen-bond donors (Lipinski definition) is 1. The molecule has 1 N–H and O–H groups in total. The molecule has 0 atom stereocenters. The van der Waals surface area contributed by atoms with Crippen LogP contribution in [0.3, 0.4) is 0 Å². The van der Waals surface area contributed by atoms with Gasteiger partial charge in [-0.15, -0.1) is 0 Å². The van der Waals surface area contributed by atoms with Crippen molar-refractivity contribution in [1.29, 1.82) is 0 Å². The van der Waals surface area contributed by atoms with Crippen molar-refractivity contribution in [3.8, 4) is 0 Å². The molecule has 180 valence electrons. The quantitative estimate of drug-likeness (QED) is 0.648. The maximum absolute atomic E-state index is 12.9. The Hall–Kier alpha value is -2.28. The molecule has 4 rings (SSSR count). The van der Waals surface area contributed by atoms with E-state index in [9.17, 15) is 21.6 Å². The first kappa shape index (κ1) is 23.9. The van der Waals surface area contributed by atoms with Crippen molar-refractivity contribution in [1.82, 2.24) is 13.8 Å². The van der Waals surface area contributed by atoms with Gasteiger partial charge in [-0.25, -0.2) is 16.8 Å². The fourth-order valence-electron chi connectivity index (χ4n) is 4.36. The van der Waals surface area contributed by atoms with Crippen LogP contribution in [-0.2, 0) is 24.8 Å². The van der Waals surface area contributed by atoms with Crippen molar-refractivity contribution in [2.75, 3.05) is 31.5 Å². The lowest BCUT2D eigenvalue weighted by atomic mass is 9.97. The molecule has 10 nitrogen and oxygen atoms in total. The molecule has 2 aliphatic heterocycles. The van der Waals surface area contributed by atoms with Crippen LogP contribution < -0.4 is 5.32 Å². The Balaban J connectivity index is 1.36. The van der Waals surface area contributed by atoms with Gasteiger partial charge in [-0.05, 0) is 63.8 Å². The first-order valence-electron chi connectivity index (χ1n) is 10.9. The lowest BCUT2D eigenvalue weighted by Gasteiger charge is -2.30. The number of rotatable bonds is 6. The second kappa shape index (κ2) is 9.16. The van der Waals surface area contributed by atoms with Crippen molar-refractivity contribution in [3.05, 3.63) is 35.7 Å². The molecule has 2 aromatic rings. The first-order valence-corrected chi connectivity index (χ1v) is 13.8. The number of nitrogens with one attached hydrogen (secondary N) is 1. The molecule has 0 bridgehead atoms. The summed E-state index contributed by atoms with van der Waals surface area (Å²) in [5.41, 5.74) is 0.828. The number of sulfonamides is 2. The van der Waals surface area contributed by atoms with Crippen LogP contribution in [0.25, 0.3) is 0 Å². The zero-order valence-electron chi connectivity index (χ0n) is 18.7. The van der Waals surface area contributed by atoms with Crippen LogP contribution in [-0.4, -0.2) is 62.7 Å². The first-order chi connectivity index (χ1) is 15.6. The van der Waals surface area contributed by atoms with E-state index in [4.69, 9.17) is 4.52 Å². The molecule has 0 spiro atoms. The fourth-order valence-corrected chi connectivity index (χ4v) is 7.64. The van der Waals surface area contributed by atoms with Crippen molar-refractivity contribution >= 4 is 31.6 Å². The molecule has 0 unspecified atom stereocenters. The molecule has 12 heteroatoms. The second-order valence-corrected chi connectivity index (χ2v) is 12.3. The number of nitrogens with zero attached hydrogens (tertiary/aromatic N) is 3. The summed E-state index contributed by atoms with van der Waals surface area (Å²) < 4.78 is 59.0. The Morgan fingerprint density at radius 1 is 0.939 bits per heavy atom. The van der Waals surface area contributed by atoms with Gasteiger partial charge in [0.15, 0.2) is 5.76 Å². The van der Waals surface area contributed by atoms with Crippen molar-refractivity contribution in [3.63, 3.8) is 0 Å². The van der Waals surface area contributed by atoms with Crippen molar-refractivity contribution in [2.24, 2.45) is 5.92 Å². The summed E-state index contributed by atoms with van der Waals surface area (Å²) in [6.45, 7) is 4.66. The van der Waals surface area contributed by atoms with Crippen LogP contribution in [0, 0.1) is 19.8 Å². The Morgan fingerprint density at radius 2 is 1.52 bits per heavy atom. The third kappa shape index (κ3) is 4.70. The number of aryl methyl sites for hydroxylation is 2. The highest BCUT2D eigenvalue weighted by molar-refractivity contribution is 7.89. The largest absolute Gasteiger partial charge is 0.360 e. The van der Waals surface area contributed by atoms with Crippen LogP contribution in [0.5, 0.6) is 0 Å². The van der Waals surface area contributed by atoms with Gasteiger partial charge in [-0.2, -0.15) is 8.61 Å². The molecule has 1 amide bonds. The summed E-state index contributed by atoms with van der Waals surface area (Å²) in [4.78, 5) is 13.0. The van der Waals surface area contributed by atoms with Gasteiger partial charge in [-0.3, -0.25) is 4.79 Å². The Bertz CT molecular complexity index is 1200. The van der Waals surface area contributed by atoms with Gasteiger partial charge < -0.3 is 9.84 Å². The van der Waals surface area contributed by atoms with Gasteiger partial charge in [0, 0.05) is 37.8 Å². The molecule has 2 aliphatic rings. The highest BCUT2D eigenvalue weighted by Gasteiger charge is 2.35. The maximum atomic E-state index is 12.9. The lowest BCUT2D eigenvalue weighted by Crippen LogP contribution is -2.41. The van der Waals surface area contributed by atoms with Gasteiger partial charge in [0.1, 0.15) is 10.6 Å². The van der Waals surface area contributed by atoms with Gasteiger partial charge in [0.25, 0.3) is 0 Å². The molecular weight excluding hydrogens is 468 g/mol. The number of piperidine rings is 1. The van der Waals surface area contributed by atoms with E-state index in [2.05, 4.69) is 10.5 Å². The number of benzene rings is 1. The predicted octanol–water partition coefficient (Wildman–Crippen LogP) is 2.12. The van der Waals surface area contributed by atoms with Crippen molar-refractivity contribution in [2.45, 2.75) is 49.3 Å². The fraction of sp³-hybridized carbons (Fsp3) is 0.524. The van der Waals surface area contributed by atoms with Gasteiger partial charge in [-0.1, -0.05) is 5.16 Å². The van der Waals surface area contributed by atoms with Crippen LogP contribution in [0.1, 0.15) is 37.1 Å². The minimum Gasteiger partial charge on any atom is -0.360 e. The molecular formula is C21H28N4O6S2. The monoisotopic (exact) mass is 496 g/mol. The summed E-state index contributed by atoms with van der Waals surface area (Å²) in [6, 6.07) is 6.17. The molecule has 0 radical (unpaired) electrons. The third-order valence-corrected chi connectivity index (χ3v) is 10.3. The van der Waals surface area contributed by atoms with E-state index in [-0.39, 0.29) is 40.5 Å². The van der Waals surface area contributed by atoms with E-state index in [0.29, 0.717) is 37.3 Å². The summed E-state index contributed by atoms with van der Waals surface area (Å²) in [5.74, 6) is -0.295. The molecule has 0 saturated carbocycles. The minimum atomic E-state index is -3.73. The highest BCUT2D eigenvalue weighted by atomic mass is 32.2. The predicted molar refractivity (Wildman–Crippen MR) is 121 cm³/mol. The van der Waals surface area contributed by atoms with Gasteiger partial charge in [0.2, 0.25) is 26.0 Å².